The maximum Gasteiger partial charge on any atom is 0.338 e. The molecule has 0 atom stereocenters. The van der Waals surface area contributed by atoms with Crippen LogP contribution in [-0.2, 0) is 11.3 Å². The molecule has 1 heterocycles. The molecule has 0 fully saturated rings. The molecule has 0 saturated heterocycles. The van der Waals surface area contributed by atoms with E-state index < -0.39 is 5.97 Å². The SMILES string of the molecule is COCc1ccc(C(=O)Nc2sc(C)cc2C(=O)O)cc1. The van der Waals surface area contributed by atoms with Gasteiger partial charge in [-0.3, -0.25) is 4.79 Å². The van der Waals surface area contributed by atoms with E-state index in [1.165, 1.54) is 11.3 Å². The smallest absolute Gasteiger partial charge is 0.338 e. The summed E-state index contributed by atoms with van der Waals surface area (Å²) in [7, 11) is 1.60. The molecule has 2 N–H and O–H groups in total. The minimum absolute atomic E-state index is 0.113. The highest BCUT2D eigenvalue weighted by Crippen LogP contribution is 2.28. The fourth-order valence-corrected chi connectivity index (χ4v) is 2.76. The van der Waals surface area contributed by atoms with Crippen molar-refractivity contribution in [2.75, 3.05) is 12.4 Å². The highest BCUT2D eigenvalue weighted by atomic mass is 32.1. The maximum atomic E-state index is 12.1. The van der Waals surface area contributed by atoms with Crippen LogP contribution in [0.5, 0.6) is 0 Å². The number of rotatable bonds is 5. The number of ether oxygens (including phenoxy) is 1. The number of hydrogen-bond acceptors (Lipinski definition) is 4. The van der Waals surface area contributed by atoms with Crippen LogP contribution in [0.1, 0.15) is 31.2 Å². The Balaban J connectivity index is 2.16. The molecule has 1 amide bonds. The van der Waals surface area contributed by atoms with Crippen molar-refractivity contribution in [3.05, 3.63) is 51.9 Å². The summed E-state index contributed by atoms with van der Waals surface area (Å²) >= 11 is 1.24. The second-order valence-corrected chi connectivity index (χ2v) is 5.75. The van der Waals surface area contributed by atoms with E-state index >= 15 is 0 Å². The Bertz CT molecular complexity index is 661. The lowest BCUT2D eigenvalue weighted by Crippen LogP contribution is -2.13. The van der Waals surface area contributed by atoms with Crippen LogP contribution in [0.15, 0.2) is 30.3 Å². The largest absolute Gasteiger partial charge is 0.478 e. The average molecular weight is 305 g/mol. The van der Waals surface area contributed by atoms with Gasteiger partial charge in [0, 0.05) is 17.6 Å². The zero-order valence-electron chi connectivity index (χ0n) is 11.7. The van der Waals surface area contributed by atoms with Crippen molar-refractivity contribution < 1.29 is 19.4 Å². The number of aryl methyl sites for hydroxylation is 1. The molecule has 0 aliphatic heterocycles. The number of methoxy groups -OCH3 is 1. The minimum atomic E-state index is -1.05. The van der Waals surface area contributed by atoms with Gasteiger partial charge in [0.05, 0.1) is 12.2 Å². The summed E-state index contributed by atoms with van der Waals surface area (Å²) in [6.45, 7) is 2.28. The number of amides is 1. The molecule has 6 heteroatoms. The number of aromatic carboxylic acids is 1. The van der Waals surface area contributed by atoms with E-state index in [0.717, 1.165) is 10.4 Å². The first kappa shape index (κ1) is 15.2. The fraction of sp³-hybridized carbons (Fsp3) is 0.200. The van der Waals surface area contributed by atoms with Gasteiger partial charge in [-0.1, -0.05) is 12.1 Å². The number of anilines is 1. The van der Waals surface area contributed by atoms with Crippen molar-refractivity contribution in [3.63, 3.8) is 0 Å². The number of nitrogens with one attached hydrogen (secondary N) is 1. The molecule has 0 aliphatic rings. The van der Waals surface area contributed by atoms with Crippen LogP contribution < -0.4 is 5.32 Å². The van der Waals surface area contributed by atoms with E-state index in [1.54, 1.807) is 44.4 Å². The highest BCUT2D eigenvalue weighted by molar-refractivity contribution is 7.16. The monoisotopic (exact) mass is 305 g/mol. The van der Waals surface area contributed by atoms with Gasteiger partial charge in [-0.15, -0.1) is 11.3 Å². The number of benzene rings is 1. The third-order valence-corrected chi connectivity index (χ3v) is 3.81. The molecule has 1 aromatic heterocycles. The summed E-state index contributed by atoms with van der Waals surface area (Å²) < 4.78 is 5.00. The number of carboxylic acids is 1. The number of carboxylic acid groups (broad SMARTS) is 1. The number of hydrogen-bond donors (Lipinski definition) is 2. The molecule has 0 saturated carbocycles. The molecule has 0 spiro atoms. The van der Waals surface area contributed by atoms with Gasteiger partial charge in [0.15, 0.2) is 0 Å². The first-order valence-corrected chi connectivity index (χ1v) is 7.06. The summed E-state index contributed by atoms with van der Waals surface area (Å²) in [5.41, 5.74) is 1.55. The Morgan fingerprint density at radius 2 is 1.95 bits per heavy atom. The first-order chi connectivity index (χ1) is 10.0. The normalized spacial score (nSPS) is 10.4. The summed E-state index contributed by atoms with van der Waals surface area (Å²) in [6.07, 6.45) is 0. The predicted octanol–water partition coefficient (Wildman–Crippen LogP) is 3.15. The van der Waals surface area contributed by atoms with Crippen LogP contribution in [-0.4, -0.2) is 24.1 Å². The van der Waals surface area contributed by atoms with Crippen molar-refractivity contribution in [1.29, 1.82) is 0 Å². The topological polar surface area (TPSA) is 75.6 Å². The Morgan fingerprint density at radius 1 is 1.29 bits per heavy atom. The third kappa shape index (κ3) is 3.68. The molecular formula is C15H15NO4S. The quantitative estimate of drug-likeness (QED) is 0.889. The maximum absolute atomic E-state index is 12.1. The van der Waals surface area contributed by atoms with E-state index in [1.807, 2.05) is 0 Å². The van der Waals surface area contributed by atoms with Gasteiger partial charge in [0.1, 0.15) is 5.00 Å². The fourth-order valence-electron chi connectivity index (χ4n) is 1.86. The average Bonchev–Trinajstić information content (AvgIpc) is 2.81. The van der Waals surface area contributed by atoms with Crippen LogP contribution in [0.4, 0.5) is 5.00 Å². The molecule has 0 bridgehead atoms. The van der Waals surface area contributed by atoms with Gasteiger partial charge >= 0.3 is 5.97 Å². The summed E-state index contributed by atoms with van der Waals surface area (Å²) in [4.78, 5) is 24.1. The zero-order chi connectivity index (χ0) is 15.4. The molecule has 21 heavy (non-hydrogen) atoms. The van der Waals surface area contributed by atoms with Crippen LogP contribution in [0.3, 0.4) is 0 Å². The van der Waals surface area contributed by atoms with Gasteiger partial charge in [-0.25, -0.2) is 4.79 Å². The molecule has 2 rings (SSSR count). The highest BCUT2D eigenvalue weighted by Gasteiger charge is 2.16. The van der Waals surface area contributed by atoms with Crippen LogP contribution in [0, 0.1) is 6.92 Å². The molecule has 110 valence electrons. The Hall–Kier alpha value is -2.18. The Kier molecular flexibility index (Phi) is 4.72. The van der Waals surface area contributed by atoms with Crippen molar-refractivity contribution in [1.82, 2.24) is 0 Å². The Morgan fingerprint density at radius 3 is 2.52 bits per heavy atom. The van der Waals surface area contributed by atoms with Gasteiger partial charge in [-0.2, -0.15) is 0 Å². The summed E-state index contributed by atoms with van der Waals surface area (Å²) in [5, 5.41) is 12.1. The molecule has 0 aliphatic carbocycles. The second kappa shape index (κ2) is 6.51. The van der Waals surface area contributed by atoms with Crippen LogP contribution in [0.25, 0.3) is 0 Å². The molecule has 0 unspecified atom stereocenters. The predicted molar refractivity (Wildman–Crippen MR) is 81.1 cm³/mol. The van der Waals surface area contributed by atoms with Crippen molar-refractivity contribution >= 4 is 28.2 Å². The van der Waals surface area contributed by atoms with Gasteiger partial charge in [0.25, 0.3) is 5.91 Å². The lowest BCUT2D eigenvalue weighted by molar-refractivity contribution is 0.0698. The van der Waals surface area contributed by atoms with Crippen LogP contribution in [0.2, 0.25) is 0 Å². The van der Waals surface area contributed by atoms with E-state index in [2.05, 4.69) is 5.32 Å². The lowest BCUT2D eigenvalue weighted by atomic mass is 10.1. The number of thiophene rings is 1. The molecule has 1 aromatic carbocycles. The number of carbonyl (C=O) groups is 2. The zero-order valence-corrected chi connectivity index (χ0v) is 12.5. The Labute approximate surface area is 126 Å². The van der Waals surface area contributed by atoms with E-state index in [4.69, 9.17) is 9.84 Å². The third-order valence-electron chi connectivity index (χ3n) is 2.84. The molecular weight excluding hydrogens is 290 g/mol. The van der Waals surface area contributed by atoms with E-state index in [9.17, 15) is 9.59 Å². The summed E-state index contributed by atoms with van der Waals surface area (Å²) in [6, 6.07) is 8.52. The first-order valence-electron chi connectivity index (χ1n) is 6.24. The van der Waals surface area contributed by atoms with Crippen molar-refractivity contribution in [2.45, 2.75) is 13.5 Å². The molecule has 2 aromatic rings. The second-order valence-electron chi connectivity index (χ2n) is 4.49. The minimum Gasteiger partial charge on any atom is -0.478 e. The van der Waals surface area contributed by atoms with Crippen molar-refractivity contribution in [3.8, 4) is 0 Å². The van der Waals surface area contributed by atoms with Gasteiger partial charge in [-0.05, 0) is 30.7 Å². The molecule has 0 radical (unpaired) electrons. The lowest BCUT2D eigenvalue weighted by Gasteiger charge is -2.05. The van der Waals surface area contributed by atoms with Crippen molar-refractivity contribution in [2.24, 2.45) is 0 Å². The summed E-state index contributed by atoms with van der Waals surface area (Å²) in [5.74, 6) is -1.38. The van der Waals surface area contributed by atoms with E-state index in [-0.39, 0.29) is 11.5 Å². The van der Waals surface area contributed by atoms with Gasteiger partial charge < -0.3 is 15.2 Å². The van der Waals surface area contributed by atoms with Gasteiger partial charge in [0.2, 0.25) is 0 Å². The van der Waals surface area contributed by atoms with Crippen LogP contribution >= 0.6 is 11.3 Å². The molecule has 5 nitrogen and oxygen atoms in total. The number of carbonyl (C=O) groups excluding carboxylic acids is 1. The van der Waals surface area contributed by atoms with E-state index in [0.29, 0.717) is 17.2 Å². The standard InChI is InChI=1S/C15H15NO4S/c1-9-7-12(15(18)19)14(21-9)16-13(17)11-5-3-10(4-6-11)8-20-2/h3-7H,8H2,1-2H3,(H,16,17)(H,18,19).